The zero-order chi connectivity index (χ0) is 12.9. The normalized spacial score (nSPS) is 22.9. The van der Waals surface area contributed by atoms with E-state index in [4.69, 9.17) is 5.11 Å². The van der Waals surface area contributed by atoms with Gasteiger partial charge >= 0.3 is 5.97 Å². The minimum atomic E-state index is -3.23. The van der Waals surface area contributed by atoms with Crippen LogP contribution < -0.4 is 0 Å². The molecular formula is C12H23O4P. The smallest absolute Gasteiger partial charge is 0.307 e. The summed E-state index contributed by atoms with van der Waals surface area (Å²) in [5.74, 6) is -1.13. The quantitative estimate of drug-likeness (QED) is 0.722. The second-order valence-corrected chi connectivity index (χ2v) is 7.81. The standard InChI is InChI=1S/C12H23O4P/c1-2-17(15,16)9-11(12(13)14)8-10-6-4-3-5-7-10/h10-11H,2-9H2,1H3,(H,13,14)(H,15,16). The zero-order valence-electron chi connectivity index (χ0n) is 10.5. The molecule has 1 saturated carbocycles. The van der Waals surface area contributed by atoms with E-state index in [0.29, 0.717) is 12.3 Å². The predicted octanol–water partition coefficient (Wildman–Crippen LogP) is 2.95. The Bertz CT molecular complexity index is 297. The van der Waals surface area contributed by atoms with Crippen molar-refractivity contribution >= 4 is 13.3 Å². The molecule has 0 amide bonds. The first-order valence-electron chi connectivity index (χ1n) is 6.48. The van der Waals surface area contributed by atoms with Gasteiger partial charge in [0.2, 0.25) is 7.37 Å². The molecule has 1 rings (SSSR count). The number of carboxylic acid groups (broad SMARTS) is 1. The molecule has 2 atom stereocenters. The van der Waals surface area contributed by atoms with E-state index in [-0.39, 0.29) is 12.3 Å². The van der Waals surface area contributed by atoms with E-state index in [0.717, 1.165) is 12.8 Å². The number of carboxylic acids is 1. The van der Waals surface area contributed by atoms with E-state index in [1.54, 1.807) is 6.92 Å². The number of carbonyl (C=O) groups is 1. The molecule has 2 unspecified atom stereocenters. The van der Waals surface area contributed by atoms with Gasteiger partial charge in [0.1, 0.15) is 0 Å². The minimum absolute atomic E-state index is 0.0602. The first-order chi connectivity index (χ1) is 7.94. The first kappa shape index (κ1) is 14.7. The van der Waals surface area contributed by atoms with Crippen LogP contribution in [-0.2, 0) is 9.36 Å². The van der Waals surface area contributed by atoms with Gasteiger partial charge in [0.05, 0.1) is 5.92 Å². The fourth-order valence-electron chi connectivity index (χ4n) is 2.55. The third-order valence-electron chi connectivity index (χ3n) is 3.69. The average Bonchev–Trinajstić information content (AvgIpc) is 2.29. The molecule has 0 aromatic rings. The van der Waals surface area contributed by atoms with E-state index in [9.17, 15) is 14.3 Å². The Balaban J connectivity index is 2.53. The summed E-state index contributed by atoms with van der Waals surface area (Å²) < 4.78 is 11.6. The highest BCUT2D eigenvalue weighted by Gasteiger charge is 2.30. The highest BCUT2D eigenvalue weighted by Crippen LogP contribution is 2.43. The van der Waals surface area contributed by atoms with Crippen molar-refractivity contribution < 1.29 is 19.4 Å². The summed E-state index contributed by atoms with van der Waals surface area (Å²) in [5, 5.41) is 9.13. The van der Waals surface area contributed by atoms with Gasteiger partial charge in [0.25, 0.3) is 0 Å². The summed E-state index contributed by atoms with van der Waals surface area (Å²) >= 11 is 0. The van der Waals surface area contributed by atoms with Crippen molar-refractivity contribution in [2.75, 3.05) is 12.3 Å². The first-order valence-corrected chi connectivity index (χ1v) is 8.51. The van der Waals surface area contributed by atoms with Crippen LogP contribution in [0.5, 0.6) is 0 Å². The lowest BCUT2D eigenvalue weighted by molar-refractivity contribution is -0.141. The summed E-state index contributed by atoms with van der Waals surface area (Å²) in [7, 11) is -3.23. The van der Waals surface area contributed by atoms with Crippen molar-refractivity contribution in [2.24, 2.45) is 11.8 Å². The van der Waals surface area contributed by atoms with Crippen LogP contribution in [0, 0.1) is 11.8 Å². The Morgan fingerprint density at radius 1 is 1.35 bits per heavy atom. The minimum Gasteiger partial charge on any atom is -0.481 e. The highest BCUT2D eigenvalue weighted by molar-refractivity contribution is 7.58. The summed E-state index contributed by atoms with van der Waals surface area (Å²) in [6.07, 6.45) is 6.40. The van der Waals surface area contributed by atoms with Gasteiger partial charge in [-0.25, -0.2) is 0 Å². The molecule has 17 heavy (non-hydrogen) atoms. The summed E-state index contributed by atoms with van der Waals surface area (Å²) in [6.45, 7) is 1.64. The van der Waals surface area contributed by atoms with E-state index in [1.807, 2.05) is 0 Å². The molecule has 0 bridgehead atoms. The molecular weight excluding hydrogens is 239 g/mol. The van der Waals surface area contributed by atoms with E-state index in [2.05, 4.69) is 0 Å². The number of rotatable bonds is 6. The van der Waals surface area contributed by atoms with Gasteiger partial charge in [-0.1, -0.05) is 39.0 Å². The van der Waals surface area contributed by atoms with E-state index in [1.165, 1.54) is 19.3 Å². The van der Waals surface area contributed by atoms with Crippen molar-refractivity contribution in [3.63, 3.8) is 0 Å². The van der Waals surface area contributed by atoms with Crippen LogP contribution in [0.1, 0.15) is 45.4 Å². The fourth-order valence-corrected chi connectivity index (χ4v) is 3.80. The Morgan fingerprint density at radius 3 is 2.41 bits per heavy atom. The maximum absolute atomic E-state index is 11.6. The van der Waals surface area contributed by atoms with Crippen molar-refractivity contribution in [1.82, 2.24) is 0 Å². The highest BCUT2D eigenvalue weighted by atomic mass is 31.2. The lowest BCUT2D eigenvalue weighted by Crippen LogP contribution is -2.23. The summed E-state index contributed by atoms with van der Waals surface area (Å²) in [4.78, 5) is 20.7. The molecule has 1 aliphatic carbocycles. The molecule has 1 aliphatic rings. The van der Waals surface area contributed by atoms with Crippen molar-refractivity contribution in [2.45, 2.75) is 45.4 Å². The molecule has 0 spiro atoms. The van der Waals surface area contributed by atoms with Crippen molar-refractivity contribution in [3.8, 4) is 0 Å². The van der Waals surface area contributed by atoms with Crippen LogP contribution >= 0.6 is 7.37 Å². The monoisotopic (exact) mass is 262 g/mol. The predicted molar refractivity (Wildman–Crippen MR) is 67.6 cm³/mol. The van der Waals surface area contributed by atoms with Gasteiger partial charge in [0, 0.05) is 12.3 Å². The Hall–Kier alpha value is -0.340. The van der Waals surface area contributed by atoms with Crippen LogP contribution in [0.25, 0.3) is 0 Å². The molecule has 0 saturated heterocycles. The van der Waals surface area contributed by atoms with Crippen LogP contribution in [0.3, 0.4) is 0 Å². The van der Waals surface area contributed by atoms with Crippen LogP contribution in [0.2, 0.25) is 0 Å². The fraction of sp³-hybridized carbons (Fsp3) is 0.917. The lowest BCUT2D eigenvalue weighted by Gasteiger charge is -2.25. The largest absolute Gasteiger partial charge is 0.481 e. The number of aliphatic carboxylic acids is 1. The molecule has 0 radical (unpaired) electrons. The lowest BCUT2D eigenvalue weighted by atomic mass is 9.83. The molecule has 0 heterocycles. The molecule has 0 aliphatic heterocycles. The SMILES string of the molecule is CCP(=O)(O)CC(CC1CCCCC1)C(=O)O. The molecule has 0 aromatic carbocycles. The maximum Gasteiger partial charge on any atom is 0.307 e. The third-order valence-corrected chi connectivity index (χ3v) is 5.69. The second kappa shape index (κ2) is 6.55. The third kappa shape index (κ3) is 5.22. The van der Waals surface area contributed by atoms with Crippen molar-refractivity contribution in [3.05, 3.63) is 0 Å². The van der Waals surface area contributed by atoms with Gasteiger partial charge in [0.15, 0.2) is 0 Å². The molecule has 100 valence electrons. The number of hydrogen-bond donors (Lipinski definition) is 2. The number of hydrogen-bond acceptors (Lipinski definition) is 2. The van der Waals surface area contributed by atoms with Gasteiger partial charge in [-0.15, -0.1) is 0 Å². The topological polar surface area (TPSA) is 74.6 Å². The van der Waals surface area contributed by atoms with Crippen LogP contribution in [0.15, 0.2) is 0 Å². The molecule has 5 heteroatoms. The molecule has 2 N–H and O–H groups in total. The summed E-state index contributed by atoms with van der Waals surface area (Å²) in [6, 6.07) is 0. The molecule has 1 fully saturated rings. The average molecular weight is 262 g/mol. The Morgan fingerprint density at radius 2 is 1.94 bits per heavy atom. The van der Waals surface area contributed by atoms with E-state index >= 15 is 0 Å². The molecule has 0 aromatic heterocycles. The van der Waals surface area contributed by atoms with Crippen molar-refractivity contribution in [1.29, 1.82) is 0 Å². The van der Waals surface area contributed by atoms with Gasteiger partial charge in [-0.3, -0.25) is 9.36 Å². The Kier molecular flexibility index (Phi) is 5.68. The molecule has 4 nitrogen and oxygen atoms in total. The van der Waals surface area contributed by atoms with E-state index < -0.39 is 19.3 Å². The maximum atomic E-state index is 11.6. The van der Waals surface area contributed by atoms with Crippen LogP contribution in [-0.4, -0.2) is 28.3 Å². The van der Waals surface area contributed by atoms with Gasteiger partial charge in [-0.2, -0.15) is 0 Å². The van der Waals surface area contributed by atoms with Crippen LogP contribution in [0.4, 0.5) is 0 Å². The van der Waals surface area contributed by atoms with Gasteiger partial charge in [-0.05, 0) is 12.3 Å². The summed E-state index contributed by atoms with van der Waals surface area (Å²) in [5.41, 5.74) is 0. The zero-order valence-corrected chi connectivity index (χ0v) is 11.4. The Labute approximate surface area is 103 Å². The second-order valence-electron chi connectivity index (χ2n) is 5.12. The van der Waals surface area contributed by atoms with Gasteiger partial charge < -0.3 is 10.00 Å².